The van der Waals surface area contributed by atoms with Gasteiger partial charge in [0.1, 0.15) is 5.69 Å². The zero-order valence-electron chi connectivity index (χ0n) is 22.3. The fourth-order valence-electron chi connectivity index (χ4n) is 4.91. The van der Waals surface area contributed by atoms with Crippen LogP contribution in [0.15, 0.2) is 84.3 Å². The lowest BCUT2D eigenvalue weighted by Gasteiger charge is -2.23. The van der Waals surface area contributed by atoms with Crippen molar-refractivity contribution < 1.29 is 19.1 Å². The Labute approximate surface area is 235 Å². The number of carbonyl (C=O) groups excluding carboxylic acids is 1. The molecule has 206 valence electrons. The molecule has 1 aliphatic heterocycles. The fourth-order valence-corrected chi connectivity index (χ4v) is 4.91. The van der Waals surface area contributed by atoms with E-state index in [2.05, 4.69) is 20.4 Å². The average Bonchev–Trinajstić information content (AvgIpc) is 3.04. The molecule has 0 bridgehead atoms. The molecule has 2 N–H and O–H groups in total. The minimum atomic E-state index is -0.526. The molecular weight excluding hydrogens is 522 g/mol. The Kier molecular flexibility index (Phi) is 7.48. The van der Waals surface area contributed by atoms with E-state index in [1.807, 2.05) is 36.4 Å². The van der Waals surface area contributed by atoms with Crippen LogP contribution in [-0.2, 0) is 9.57 Å². The molecule has 1 aromatic carbocycles. The van der Waals surface area contributed by atoms with Crippen molar-refractivity contribution in [3.05, 3.63) is 95.4 Å². The third-order valence-electron chi connectivity index (χ3n) is 6.97. The van der Waals surface area contributed by atoms with Crippen molar-refractivity contribution >= 4 is 16.8 Å². The van der Waals surface area contributed by atoms with Crippen LogP contribution in [0.4, 0.5) is 0 Å². The number of ether oxygens (including phenoxy) is 2. The third-order valence-corrected chi connectivity index (χ3v) is 6.97. The second kappa shape index (κ2) is 11.7. The van der Waals surface area contributed by atoms with Gasteiger partial charge in [0.15, 0.2) is 12.0 Å². The van der Waals surface area contributed by atoms with Crippen LogP contribution in [-0.4, -0.2) is 45.8 Å². The summed E-state index contributed by atoms with van der Waals surface area (Å²) in [6, 6.07) is 14.8. The van der Waals surface area contributed by atoms with Crippen LogP contribution in [0.1, 0.15) is 29.6 Å². The quantitative estimate of drug-likeness (QED) is 0.274. The summed E-state index contributed by atoms with van der Waals surface area (Å²) in [7, 11) is 1.50. The fraction of sp³-hybridized carbons (Fsp3) is 0.194. The number of pyridine rings is 4. The number of nitrogens with one attached hydrogen (secondary N) is 2. The Balaban J connectivity index is 1.50. The highest BCUT2D eigenvalue weighted by atomic mass is 16.8. The number of aromatic nitrogens is 4. The van der Waals surface area contributed by atoms with Crippen LogP contribution < -0.4 is 15.8 Å². The predicted molar refractivity (Wildman–Crippen MR) is 153 cm³/mol. The molecule has 0 saturated carbocycles. The van der Waals surface area contributed by atoms with Crippen molar-refractivity contribution in [1.29, 1.82) is 0 Å². The standard InChI is InChI=1S/C31H27N5O5/c1-39-30-27(31(38)36-41-26-4-2-3-15-40-26)24-18-33-17-23(22-9-10-25(37)34-16-22)29(24)35-28(30)21-7-5-19(6-8-21)20-11-13-32-14-12-20/h5-14,16-18,26H,2-4,15H2,1H3,(H,34,37)(H,36,38). The molecule has 5 aromatic rings. The number of H-pyrrole nitrogens is 1. The zero-order chi connectivity index (χ0) is 28.2. The van der Waals surface area contributed by atoms with E-state index in [0.29, 0.717) is 40.8 Å². The monoisotopic (exact) mass is 549 g/mol. The van der Waals surface area contributed by atoms with Crippen molar-refractivity contribution in [2.75, 3.05) is 13.7 Å². The van der Waals surface area contributed by atoms with E-state index in [9.17, 15) is 9.59 Å². The molecule has 10 heteroatoms. The molecule has 10 nitrogen and oxygen atoms in total. The number of hydrogen-bond acceptors (Lipinski definition) is 8. The van der Waals surface area contributed by atoms with Gasteiger partial charge in [-0.25, -0.2) is 15.3 Å². The smallest absolute Gasteiger partial charge is 0.279 e. The van der Waals surface area contributed by atoms with Gasteiger partial charge in [-0.1, -0.05) is 24.3 Å². The maximum absolute atomic E-state index is 13.7. The van der Waals surface area contributed by atoms with Gasteiger partial charge in [0, 0.05) is 72.2 Å². The molecule has 4 aromatic heterocycles. The summed E-state index contributed by atoms with van der Waals surface area (Å²) in [5, 5.41) is 0.466. The second-order valence-corrected chi connectivity index (χ2v) is 9.55. The number of nitrogens with zero attached hydrogens (tertiary/aromatic N) is 3. The van der Waals surface area contributed by atoms with Crippen molar-refractivity contribution in [2.24, 2.45) is 0 Å². The molecule has 1 saturated heterocycles. The van der Waals surface area contributed by atoms with Gasteiger partial charge in [-0.2, -0.15) is 0 Å². The molecule has 5 heterocycles. The van der Waals surface area contributed by atoms with E-state index >= 15 is 0 Å². The van der Waals surface area contributed by atoms with E-state index in [-0.39, 0.29) is 16.9 Å². The van der Waals surface area contributed by atoms with Crippen LogP contribution in [0.25, 0.3) is 44.4 Å². The molecule has 1 fully saturated rings. The number of amides is 1. The van der Waals surface area contributed by atoms with Crippen LogP contribution in [0.5, 0.6) is 5.75 Å². The Morgan fingerprint density at radius 3 is 2.41 bits per heavy atom. The van der Waals surface area contributed by atoms with Gasteiger partial charge in [0.05, 0.1) is 18.2 Å². The molecule has 0 radical (unpaired) electrons. The summed E-state index contributed by atoms with van der Waals surface area (Å²) in [4.78, 5) is 47.2. The molecular formula is C31H27N5O5. The Morgan fingerprint density at radius 1 is 0.951 bits per heavy atom. The lowest BCUT2D eigenvalue weighted by Crippen LogP contribution is -2.33. The molecule has 1 aliphatic rings. The summed E-state index contributed by atoms with van der Waals surface area (Å²) < 4.78 is 11.4. The van der Waals surface area contributed by atoms with Gasteiger partial charge < -0.3 is 14.5 Å². The number of aromatic amines is 1. The first-order chi connectivity index (χ1) is 20.1. The van der Waals surface area contributed by atoms with E-state index in [4.69, 9.17) is 19.3 Å². The van der Waals surface area contributed by atoms with Crippen LogP contribution in [0.2, 0.25) is 0 Å². The maximum atomic E-state index is 13.7. The van der Waals surface area contributed by atoms with Gasteiger partial charge in [-0.3, -0.25) is 19.6 Å². The number of fused-ring (bicyclic) bond motifs is 1. The molecule has 1 amide bonds. The first-order valence-corrected chi connectivity index (χ1v) is 13.3. The van der Waals surface area contributed by atoms with Gasteiger partial charge in [0.25, 0.3) is 5.91 Å². The number of hydroxylamine groups is 1. The highest BCUT2D eigenvalue weighted by Crippen LogP contribution is 2.39. The van der Waals surface area contributed by atoms with E-state index in [1.165, 1.54) is 13.2 Å². The van der Waals surface area contributed by atoms with Gasteiger partial charge in [0.2, 0.25) is 5.56 Å². The van der Waals surface area contributed by atoms with E-state index in [1.54, 1.807) is 37.1 Å². The predicted octanol–water partition coefficient (Wildman–Crippen LogP) is 4.91. The Morgan fingerprint density at radius 2 is 1.71 bits per heavy atom. The number of benzene rings is 1. The summed E-state index contributed by atoms with van der Waals surface area (Å²) in [6.07, 6.45) is 10.4. The molecule has 0 aliphatic carbocycles. The minimum Gasteiger partial charge on any atom is -0.494 e. The average molecular weight is 550 g/mol. The zero-order valence-corrected chi connectivity index (χ0v) is 22.3. The largest absolute Gasteiger partial charge is 0.494 e. The first kappa shape index (κ1) is 26.3. The van der Waals surface area contributed by atoms with Crippen molar-refractivity contribution in [2.45, 2.75) is 25.6 Å². The summed E-state index contributed by atoms with van der Waals surface area (Å²) >= 11 is 0. The van der Waals surface area contributed by atoms with Crippen LogP contribution >= 0.6 is 0 Å². The van der Waals surface area contributed by atoms with Crippen LogP contribution in [0, 0.1) is 0 Å². The second-order valence-electron chi connectivity index (χ2n) is 9.55. The number of methoxy groups -OCH3 is 1. The molecule has 1 unspecified atom stereocenters. The van der Waals surface area contributed by atoms with E-state index < -0.39 is 12.2 Å². The number of hydrogen-bond donors (Lipinski definition) is 2. The van der Waals surface area contributed by atoms with Crippen LogP contribution in [0.3, 0.4) is 0 Å². The van der Waals surface area contributed by atoms with E-state index in [0.717, 1.165) is 29.5 Å². The molecule has 41 heavy (non-hydrogen) atoms. The van der Waals surface area contributed by atoms with Crippen molar-refractivity contribution in [3.63, 3.8) is 0 Å². The lowest BCUT2D eigenvalue weighted by atomic mass is 9.98. The lowest BCUT2D eigenvalue weighted by molar-refractivity contribution is -0.186. The van der Waals surface area contributed by atoms with Gasteiger partial charge in [-0.15, -0.1) is 0 Å². The SMILES string of the molecule is COc1c(-c2ccc(-c3ccncc3)cc2)nc2c(-c3ccc(=O)[nH]c3)cncc2c1C(=O)NOC1CCCCO1. The third kappa shape index (κ3) is 5.43. The summed E-state index contributed by atoms with van der Waals surface area (Å²) in [5.41, 5.74) is 7.65. The van der Waals surface area contributed by atoms with Gasteiger partial charge >= 0.3 is 0 Å². The van der Waals surface area contributed by atoms with Crippen molar-refractivity contribution in [1.82, 2.24) is 25.4 Å². The number of carbonyl (C=O) groups is 1. The molecule has 0 spiro atoms. The Hall–Kier alpha value is -4.93. The normalized spacial score (nSPS) is 15.0. The summed E-state index contributed by atoms with van der Waals surface area (Å²) in [6.45, 7) is 0.578. The van der Waals surface area contributed by atoms with Gasteiger partial charge in [-0.05, 0) is 42.2 Å². The number of rotatable bonds is 7. The maximum Gasteiger partial charge on any atom is 0.279 e. The Bertz CT molecular complexity index is 1730. The molecule has 1 atom stereocenters. The first-order valence-electron chi connectivity index (χ1n) is 13.3. The summed E-state index contributed by atoms with van der Waals surface area (Å²) in [5.74, 6) is -0.237. The highest BCUT2D eigenvalue weighted by molar-refractivity contribution is 6.12. The minimum absolute atomic E-state index is 0.222. The topological polar surface area (TPSA) is 128 Å². The van der Waals surface area contributed by atoms with Crippen molar-refractivity contribution in [3.8, 4) is 39.3 Å². The highest BCUT2D eigenvalue weighted by Gasteiger charge is 2.26. The molecule has 6 rings (SSSR count).